The summed E-state index contributed by atoms with van der Waals surface area (Å²) in [6.07, 6.45) is 6.80. The first-order valence-electron chi connectivity index (χ1n) is 18.1. The number of piperidine rings is 1. The number of anilines is 1. The van der Waals surface area contributed by atoms with Gasteiger partial charge in [0.1, 0.15) is 24.5 Å². The smallest absolute Gasteiger partial charge is 0.410 e. The fourth-order valence-corrected chi connectivity index (χ4v) is 7.32. The van der Waals surface area contributed by atoms with E-state index in [2.05, 4.69) is 48.7 Å². The highest BCUT2D eigenvalue weighted by Crippen LogP contribution is 2.32. The molecule has 0 spiro atoms. The maximum atomic E-state index is 14.0. The molecule has 274 valence electrons. The minimum atomic E-state index is -1.14. The van der Waals surface area contributed by atoms with Crippen molar-refractivity contribution in [3.63, 3.8) is 0 Å². The third-order valence-corrected chi connectivity index (χ3v) is 11.2. The van der Waals surface area contributed by atoms with Crippen molar-refractivity contribution in [2.45, 2.75) is 91.5 Å². The van der Waals surface area contributed by atoms with E-state index < -0.39 is 13.7 Å². The van der Waals surface area contributed by atoms with Crippen molar-refractivity contribution in [1.29, 1.82) is 0 Å². The molecular formula is C37H53N9O4Si. The summed E-state index contributed by atoms with van der Waals surface area (Å²) in [5.74, 6) is 1.81. The minimum Gasteiger partial charge on any atom is -0.444 e. The lowest BCUT2D eigenvalue weighted by Crippen LogP contribution is -2.44. The Hall–Kier alpha value is -4.30. The SMILES string of the molecule is CC(C)C1CN(CC2CCN(C(=O)OC(C)(C)C)CC2)C(=O)N1c1ccn2ncc(-c3ccc(-c4ncn(COCC[Si](C)(C)C)n4)cc3)c2n1. The van der Waals surface area contributed by atoms with Crippen molar-refractivity contribution in [1.82, 2.24) is 39.2 Å². The standard InChI is InChI=1S/C37H53N9O4Si/c1-26(2)31-23-43(22-27-13-16-42(17-14-27)36(48)50-37(3,4)5)35(47)46(31)32-15-18-45-34(40-32)30(21-39-45)28-9-11-29(12-10-28)33-38-24-44(41-33)25-49-19-20-51(6,7)8/h9-12,15,18,21,24,26-27,31H,13-14,16-17,19-20,22-23,25H2,1-8H3. The monoisotopic (exact) mass is 715 g/mol. The molecule has 1 atom stereocenters. The van der Waals surface area contributed by atoms with Crippen LogP contribution in [0.2, 0.25) is 25.7 Å². The van der Waals surface area contributed by atoms with Gasteiger partial charge in [0.25, 0.3) is 0 Å². The summed E-state index contributed by atoms with van der Waals surface area (Å²) in [6.45, 7) is 20.6. The molecule has 3 amide bonds. The van der Waals surface area contributed by atoms with Crippen molar-refractivity contribution in [2.75, 3.05) is 37.7 Å². The van der Waals surface area contributed by atoms with Gasteiger partial charge in [-0.2, -0.15) is 5.10 Å². The van der Waals surface area contributed by atoms with Gasteiger partial charge in [-0.15, -0.1) is 5.10 Å². The number of carbonyl (C=O) groups is 2. The normalized spacial score (nSPS) is 17.7. The van der Waals surface area contributed by atoms with Crippen LogP contribution in [0.15, 0.2) is 49.1 Å². The molecule has 0 saturated carbocycles. The van der Waals surface area contributed by atoms with E-state index in [1.807, 2.05) is 73.3 Å². The lowest BCUT2D eigenvalue weighted by Gasteiger charge is -2.34. The lowest BCUT2D eigenvalue weighted by atomic mass is 9.96. The predicted octanol–water partition coefficient (Wildman–Crippen LogP) is 6.88. The number of amides is 3. The Bertz CT molecular complexity index is 1820. The molecule has 2 saturated heterocycles. The molecule has 13 nitrogen and oxygen atoms in total. The number of rotatable bonds is 11. The second kappa shape index (κ2) is 14.7. The van der Waals surface area contributed by atoms with Crippen LogP contribution in [0.1, 0.15) is 47.5 Å². The molecule has 5 heterocycles. The minimum absolute atomic E-state index is 0.0157. The number of hydrogen-bond donors (Lipinski definition) is 0. The van der Waals surface area contributed by atoms with E-state index in [1.165, 1.54) is 0 Å². The Morgan fingerprint density at radius 1 is 1.04 bits per heavy atom. The number of likely N-dealkylation sites (tertiary alicyclic amines) is 1. The van der Waals surface area contributed by atoms with Gasteiger partial charge in [-0.1, -0.05) is 57.8 Å². The predicted molar refractivity (Wildman–Crippen MR) is 200 cm³/mol. The lowest BCUT2D eigenvalue weighted by molar-refractivity contribution is 0.0175. The number of hydrogen-bond acceptors (Lipinski definition) is 8. The van der Waals surface area contributed by atoms with Crippen molar-refractivity contribution in [2.24, 2.45) is 11.8 Å². The van der Waals surface area contributed by atoms with E-state index in [0.717, 1.165) is 42.2 Å². The average molecular weight is 716 g/mol. The maximum absolute atomic E-state index is 14.0. The molecule has 2 aliphatic rings. The van der Waals surface area contributed by atoms with E-state index in [4.69, 9.17) is 14.5 Å². The van der Waals surface area contributed by atoms with Gasteiger partial charge in [0, 0.05) is 58.2 Å². The van der Waals surface area contributed by atoms with Crippen LogP contribution in [0.5, 0.6) is 0 Å². The molecule has 0 radical (unpaired) electrons. The summed E-state index contributed by atoms with van der Waals surface area (Å²) in [5.41, 5.74) is 2.90. The third kappa shape index (κ3) is 8.78. The van der Waals surface area contributed by atoms with Crippen LogP contribution in [0.3, 0.4) is 0 Å². The molecule has 14 heteroatoms. The topological polar surface area (TPSA) is 123 Å². The molecule has 1 unspecified atom stereocenters. The number of urea groups is 1. The van der Waals surface area contributed by atoms with Gasteiger partial charge < -0.3 is 19.3 Å². The Kier molecular flexibility index (Phi) is 10.5. The summed E-state index contributed by atoms with van der Waals surface area (Å²) >= 11 is 0. The highest BCUT2D eigenvalue weighted by molar-refractivity contribution is 6.76. The summed E-state index contributed by atoms with van der Waals surface area (Å²) in [5, 5.41) is 9.17. The Morgan fingerprint density at radius 3 is 2.41 bits per heavy atom. The van der Waals surface area contributed by atoms with Crippen LogP contribution in [-0.2, 0) is 16.2 Å². The average Bonchev–Trinajstić information content (AvgIpc) is 3.80. The molecule has 0 bridgehead atoms. The Labute approximate surface area is 301 Å². The molecule has 2 aliphatic heterocycles. The van der Waals surface area contributed by atoms with Crippen LogP contribution < -0.4 is 4.90 Å². The van der Waals surface area contributed by atoms with E-state index >= 15 is 0 Å². The van der Waals surface area contributed by atoms with Gasteiger partial charge in [-0.25, -0.2) is 28.8 Å². The zero-order valence-corrected chi connectivity index (χ0v) is 32.4. The fourth-order valence-electron chi connectivity index (χ4n) is 6.57. The summed E-state index contributed by atoms with van der Waals surface area (Å²) < 4.78 is 14.9. The van der Waals surface area contributed by atoms with Crippen LogP contribution in [0.25, 0.3) is 28.2 Å². The highest BCUT2D eigenvalue weighted by atomic mass is 28.3. The van der Waals surface area contributed by atoms with Crippen molar-refractivity contribution in [3.8, 4) is 22.5 Å². The Balaban J connectivity index is 1.13. The maximum Gasteiger partial charge on any atom is 0.410 e. The quantitative estimate of drug-likeness (QED) is 0.122. The van der Waals surface area contributed by atoms with Crippen molar-refractivity contribution in [3.05, 3.63) is 49.1 Å². The number of nitrogens with zero attached hydrogens (tertiary/aromatic N) is 9. The van der Waals surface area contributed by atoms with Gasteiger partial charge in [0.15, 0.2) is 11.5 Å². The van der Waals surface area contributed by atoms with Crippen LogP contribution in [-0.4, -0.2) is 104 Å². The zero-order valence-electron chi connectivity index (χ0n) is 31.4. The number of carbonyl (C=O) groups excluding carboxylic acids is 2. The first kappa shape index (κ1) is 36.5. The van der Waals surface area contributed by atoms with Gasteiger partial charge in [0.2, 0.25) is 0 Å². The second-order valence-corrected chi connectivity index (χ2v) is 22.0. The molecule has 4 aromatic rings. The molecular weight excluding hydrogens is 663 g/mol. The highest BCUT2D eigenvalue weighted by Gasteiger charge is 2.42. The van der Waals surface area contributed by atoms with Crippen molar-refractivity contribution >= 4 is 31.7 Å². The van der Waals surface area contributed by atoms with E-state index in [0.29, 0.717) is 56.1 Å². The number of fused-ring (bicyclic) bond motifs is 1. The molecule has 51 heavy (non-hydrogen) atoms. The molecule has 2 fully saturated rings. The summed E-state index contributed by atoms with van der Waals surface area (Å²) in [7, 11) is -1.14. The van der Waals surface area contributed by atoms with Crippen LogP contribution in [0.4, 0.5) is 15.4 Å². The number of aromatic nitrogens is 6. The molecule has 3 aromatic heterocycles. The van der Waals surface area contributed by atoms with Gasteiger partial charge in [-0.05, 0) is 63.1 Å². The molecule has 1 aromatic carbocycles. The molecule has 0 aliphatic carbocycles. The van der Waals surface area contributed by atoms with Crippen molar-refractivity contribution < 1.29 is 19.1 Å². The van der Waals surface area contributed by atoms with Gasteiger partial charge in [-0.3, -0.25) is 4.90 Å². The fraction of sp³-hybridized carbons (Fsp3) is 0.568. The number of benzene rings is 1. The van der Waals surface area contributed by atoms with Crippen LogP contribution >= 0.6 is 0 Å². The zero-order chi connectivity index (χ0) is 36.5. The van der Waals surface area contributed by atoms with Crippen LogP contribution in [0, 0.1) is 11.8 Å². The second-order valence-electron chi connectivity index (χ2n) is 16.4. The van der Waals surface area contributed by atoms with Gasteiger partial charge in [0.05, 0.1) is 12.2 Å². The largest absolute Gasteiger partial charge is 0.444 e. The molecule has 6 rings (SSSR count). The third-order valence-electron chi connectivity index (χ3n) is 9.54. The first-order chi connectivity index (χ1) is 24.1. The number of ether oxygens (including phenoxy) is 2. The Morgan fingerprint density at radius 2 is 1.75 bits per heavy atom. The van der Waals surface area contributed by atoms with E-state index in [1.54, 1.807) is 20.4 Å². The molecule has 0 N–H and O–H groups in total. The van der Waals surface area contributed by atoms with E-state index in [-0.39, 0.29) is 24.1 Å². The summed E-state index contributed by atoms with van der Waals surface area (Å²) in [4.78, 5) is 41.7. The van der Waals surface area contributed by atoms with E-state index in [9.17, 15) is 9.59 Å². The summed E-state index contributed by atoms with van der Waals surface area (Å²) in [6, 6.07) is 11.0. The first-order valence-corrected chi connectivity index (χ1v) is 21.8. The van der Waals surface area contributed by atoms with Gasteiger partial charge >= 0.3 is 12.1 Å².